The lowest BCUT2D eigenvalue weighted by atomic mass is 9.85. The number of likely N-dealkylation sites (tertiary alicyclic amines) is 1. The van der Waals surface area contributed by atoms with Gasteiger partial charge in [-0.25, -0.2) is 0 Å². The predicted octanol–water partition coefficient (Wildman–Crippen LogP) is 1.45. The summed E-state index contributed by atoms with van der Waals surface area (Å²) in [4.78, 5) is 13.4. The number of carbonyl (C=O) groups is 1. The Morgan fingerprint density at radius 1 is 1.40 bits per heavy atom. The molecule has 2 aliphatic rings. The molecule has 0 aromatic carbocycles. The molecule has 0 aromatic heterocycles. The van der Waals surface area contributed by atoms with Gasteiger partial charge >= 0.3 is 0 Å². The van der Waals surface area contributed by atoms with Crippen LogP contribution in [0.5, 0.6) is 0 Å². The van der Waals surface area contributed by atoms with Gasteiger partial charge in [-0.1, -0.05) is 6.58 Å². The first kappa shape index (κ1) is 10.7. The van der Waals surface area contributed by atoms with Crippen LogP contribution >= 0.6 is 0 Å². The molecule has 3 heteroatoms. The quantitative estimate of drug-likeness (QED) is 0.644. The first-order valence-electron chi connectivity index (χ1n) is 5.80. The summed E-state index contributed by atoms with van der Waals surface area (Å²) < 4.78 is 5.41. The highest BCUT2D eigenvalue weighted by atomic mass is 16.5. The van der Waals surface area contributed by atoms with Gasteiger partial charge in [0, 0.05) is 26.3 Å². The minimum atomic E-state index is 0.0821. The minimum Gasteiger partial charge on any atom is -0.381 e. The van der Waals surface area contributed by atoms with Crippen molar-refractivity contribution < 1.29 is 9.53 Å². The zero-order valence-corrected chi connectivity index (χ0v) is 9.15. The second-order valence-corrected chi connectivity index (χ2v) is 4.51. The van der Waals surface area contributed by atoms with Crippen molar-refractivity contribution in [3.05, 3.63) is 12.7 Å². The summed E-state index contributed by atoms with van der Waals surface area (Å²) in [6, 6.07) is 0. The molecular formula is C12H19NO2. The standard InChI is InChI=1S/C12H19NO2/c1-2-12(14)13-6-3-4-10(8-13)11-5-7-15-9-11/h2,10-11H,1,3-9H2. The lowest BCUT2D eigenvalue weighted by Gasteiger charge is -2.34. The van der Waals surface area contributed by atoms with Gasteiger partial charge in [0.1, 0.15) is 0 Å². The van der Waals surface area contributed by atoms with Crippen molar-refractivity contribution in [1.29, 1.82) is 0 Å². The summed E-state index contributed by atoms with van der Waals surface area (Å²) >= 11 is 0. The highest BCUT2D eigenvalue weighted by Gasteiger charge is 2.30. The molecule has 84 valence electrons. The van der Waals surface area contributed by atoms with Crippen LogP contribution in [0.15, 0.2) is 12.7 Å². The van der Waals surface area contributed by atoms with E-state index in [-0.39, 0.29) is 5.91 Å². The molecule has 0 N–H and O–H groups in total. The molecule has 2 fully saturated rings. The highest BCUT2D eigenvalue weighted by molar-refractivity contribution is 5.87. The maximum absolute atomic E-state index is 11.5. The second-order valence-electron chi connectivity index (χ2n) is 4.51. The summed E-state index contributed by atoms with van der Waals surface area (Å²) in [6.45, 7) is 7.13. The van der Waals surface area contributed by atoms with E-state index in [4.69, 9.17) is 4.74 Å². The average Bonchev–Trinajstić information content (AvgIpc) is 2.82. The number of hydrogen-bond acceptors (Lipinski definition) is 2. The number of piperidine rings is 1. The van der Waals surface area contributed by atoms with Crippen molar-refractivity contribution in [1.82, 2.24) is 4.90 Å². The average molecular weight is 209 g/mol. The Morgan fingerprint density at radius 2 is 2.27 bits per heavy atom. The van der Waals surface area contributed by atoms with E-state index in [9.17, 15) is 4.79 Å². The van der Waals surface area contributed by atoms with Gasteiger partial charge in [0.15, 0.2) is 0 Å². The molecule has 0 spiro atoms. The number of amides is 1. The smallest absolute Gasteiger partial charge is 0.245 e. The number of carbonyl (C=O) groups excluding carboxylic acids is 1. The zero-order valence-electron chi connectivity index (χ0n) is 9.15. The van der Waals surface area contributed by atoms with Gasteiger partial charge in [-0.15, -0.1) is 0 Å². The lowest BCUT2D eigenvalue weighted by Crippen LogP contribution is -2.41. The Hall–Kier alpha value is -0.830. The molecule has 3 nitrogen and oxygen atoms in total. The molecule has 2 rings (SSSR count). The van der Waals surface area contributed by atoms with Gasteiger partial charge in [0.05, 0.1) is 0 Å². The van der Waals surface area contributed by atoms with Crippen LogP contribution in [0.1, 0.15) is 19.3 Å². The topological polar surface area (TPSA) is 29.5 Å². The fourth-order valence-corrected chi connectivity index (χ4v) is 2.65. The van der Waals surface area contributed by atoms with Crippen LogP contribution < -0.4 is 0 Å². The van der Waals surface area contributed by atoms with Crippen LogP contribution in [0.2, 0.25) is 0 Å². The summed E-state index contributed by atoms with van der Waals surface area (Å²) in [7, 11) is 0. The van der Waals surface area contributed by atoms with Gasteiger partial charge in [0.25, 0.3) is 0 Å². The molecule has 2 unspecified atom stereocenters. The normalized spacial score (nSPS) is 31.6. The summed E-state index contributed by atoms with van der Waals surface area (Å²) in [6.07, 6.45) is 4.96. The van der Waals surface area contributed by atoms with Gasteiger partial charge in [-0.2, -0.15) is 0 Å². The Bertz CT molecular complexity index is 246. The summed E-state index contributed by atoms with van der Waals surface area (Å²) in [5.74, 6) is 1.40. The van der Waals surface area contributed by atoms with E-state index in [2.05, 4.69) is 6.58 Å². The third-order valence-electron chi connectivity index (χ3n) is 3.58. The molecule has 0 bridgehead atoms. The van der Waals surface area contributed by atoms with Gasteiger partial charge in [0.2, 0.25) is 5.91 Å². The molecule has 0 radical (unpaired) electrons. The molecular weight excluding hydrogens is 190 g/mol. The van der Waals surface area contributed by atoms with Crippen LogP contribution in [0.25, 0.3) is 0 Å². The zero-order chi connectivity index (χ0) is 10.7. The van der Waals surface area contributed by atoms with E-state index in [1.807, 2.05) is 4.90 Å². The predicted molar refractivity (Wildman–Crippen MR) is 58.4 cm³/mol. The fraction of sp³-hybridized carbons (Fsp3) is 0.750. The highest BCUT2D eigenvalue weighted by Crippen LogP contribution is 2.29. The van der Waals surface area contributed by atoms with Crippen molar-refractivity contribution in [2.75, 3.05) is 26.3 Å². The molecule has 2 atom stereocenters. The largest absolute Gasteiger partial charge is 0.381 e. The van der Waals surface area contributed by atoms with Crippen LogP contribution in [0.4, 0.5) is 0 Å². The minimum absolute atomic E-state index is 0.0821. The van der Waals surface area contributed by atoms with E-state index in [1.165, 1.54) is 18.9 Å². The van der Waals surface area contributed by atoms with Crippen LogP contribution in [0.3, 0.4) is 0 Å². The molecule has 2 heterocycles. The molecule has 0 aliphatic carbocycles. The van der Waals surface area contributed by atoms with Crippen molar-refractivity contribution in [2.45, 2.75) is 19.3 Å². The Morgan fingerprint density at radius 3 is 2.93 bits per heavy atom. The van der Waals surface area contributed by atoms with E-state index in [0.717, 1.165) is 32.7 Å². The van der Waals surface area contributed by atoms with E-state index in [1.54, 1.807) is 0 Å². The van der Waals surface area contributed by atoms with Crippen molar-refractivity contribution >= 4 is 5.91 Å². The third kappa shape index (κ3) is 2.40. The first-order chi connectivity index (χ1) is 7.31. The lowest BCUT2D eigenvalue weighted by molar-refractivity contribution is -0.128. The number of rotatable bonds is 2. The van der Waals surface area contributed by atoms with Crippen molar-refractivity contribution in [3.63, 3.8) is 0 Å². The van der Waals surface area contributed by atoms with Crippen LogP contribution in [0, 0.1) is 11.8 Å². The van der Waals surface area contributed by atoms with E-state index < -0.39 is 0 Å². The van der Waals surface area contributed by atoms with Crippen LogP contribution in [-0.4, -0.2) is 37.1 Å². The molecule has 0 aromatic rings. The summed E-state index contributed by atoms with van der Waals surface area (Å²) in [5, 5.41) is 0. The van der Waals surface area contributed by atoms with E-state index >= 15 is 0 Å². The SMILES string of the molecule is C=CC(=O)N1CCCC(C2CCOC2)C1. The molecule has 1 amide bonds. The first-order valence-corrected chi connectivity index (χ1v) is 5.80. The Labute approximate surface area is 91.1 Å². The number of nitrogens with zero attached hydrogens (tertiary/aromatic N) is 1. The molecule has 2 saturated heterocycles. The monoisotopic (exact) mass is 209 g/mol. The fourth-order valence-electron chi connectivity index (χ4n) is 2.65. The summed E-state index contributed by atoms with van der Waals surface area (Å²) in [5.41, 5.74) is 0. The van der Waals surface area contributed by atoms with Gasteiger partial charge in [-0.3, -0.25) is 4.79 Å². The van der Waals surface area contributed by atoms with Crippen LogP contribution in [-0.2, 0) is 9.53 Å². The molecule has 15 heavy (non-hydrogen) atoms. The number of hydrogen-bond donors (Lipinski definition) is 0. The number of ether oxygens (including phenoxy) is 1. The molecule has 0 saturated carbocycles. The van der Waals surface area contributed by atoms with Crippen molar-refractivity contribution in [2.24, 2.45) is 11.8 Å². The van der Waals surface area contributed by atoms with Crippen molar-refractivity contribution in [3.8, 4) is 0 Å². The van der Waals surface area contributed by atoms with Gasteiger partial charge in [-0.05, 0) is 37.2 Å². The maximum Gasteiger partial charge on any atom is 0.245 e. The van der Waals surface area contributed by atoms with Gasteiger partial charge < -0.3 is 9.64 Å². The second kappa shape index (κ2) is 4.79. The third-order valence-corrected chi connectivity index (χ3v) is 3.58. The van der Waals surface area contributed by atoms with E-state index in [0.29, 0.717) is 11.8 Å². The Kier molecular flexibility index (Phi) is 3.41. The molecule has 2 aliphatic heterocycles. The Balaban J connectivity index is 1.91. The maximum atomic E-state index is 11.5.